The van der Waals surface area contributed by atoms with Crippen LogP contribution in [-0.4, -0.2) is 37.7 Å². The molecule has 1 aromatic heterocycles. The molecule has 33 heavy (non-hydrogen) atoms. The second kappa shape index (κ2) is 9.97. The number of hydrogen-bond donors (Lipinski definition) is 1. The first-order chi connectivity index (χ1) is 16.0. The fourth-order valence-electron chi connectivity index (χ4n) is 4.19. The summed E-state index contributed by atoms with van der Waals surface area (Å²) < 4.78 is 10.8. The van der Waals surface area contributed by atoms with Crippen LogP contribution in [0.15, 0.2) is 42.6 Å². The first kappa shape index (κ1) is 22.7. The number of rotatable bonds is 6. The van der Waals surface area contributed by atoms with Gasteiger partial charge in [-0.1, -0.05) is 11.6 Å². The molecular weight excluding hydrogens is 440 g/mol. The highest BCUT2D eigenvalue weighted by Crippen LogP contribution is 2.35. The number of ether oxygens (including phenoxy) is 2. The molecule has 1 saturated heterocycles. The van der Waals surface area contributed by atoms with Gasteiger partial charge in [0.05, 0.1) is 35.5 Å². The zero-order chi connectivity index (χ0) is 23.4. The molecule has 0 bridgehead atoms. The van der Waals surface area contributed by atoms with E-state index >= 15 is 0 Å². The number of pyridine rings is 1. The lowest BCUT2D eigenvalue weighted by Gasteiger charge is -2.34. The van der Waals surface area contributed by atoms with Crippen LogP contribution in [0.25, 0.3) is 10.9 Å². The Morgan fingerprint density at radius 3 is 2.73 bits per heavy atom. The Labute approximate surface area is 197 Å². The number of anilines is 2. The average Bonchev–Trinajstić information content (AvgIpc) is 2.83. The minimum atomic E-state index is -0.125. The van der Waals surface area contributed by atoms with Gasteiger partial charge in [-0.15, -0.1) is 0 Å². The Bertz CT molecular complexity index is 1220. The van der Waals surface area contributed by atoms with Crippen LogP contribution in [0.4, 0.5) is 11.4 Å². The summed E-state index contributed by atoms with van der Waals surface area (Å²) in [7, 11) is 1.55. The van der Waals surface area contributed by atoms with Gasteiger partial charge < -0.3 is 19.7 Å². The second-order valence-corrected chi connectivity index (χ2v) is 8.25. The molecule has 0 unspecified atom stereocenters. The quantitative estimate of drug-likeness (QED) is 0.551. The first-order valence-electron chi connectivity index (χ1n) is 10.9. The number of fused-ring (bicyclic) bond motifs is 1. The van der Waals surface area contributed by atoms with Gasteiger partial charge in [-0.25, -0.2) is 0 Å². The van der Waals surface area contributed by atoms with Crippen molar-refractivity contribution >= 4 is 39.8 Å². The van der Waals surface area contributed by atoms with E-state index in [4.69, 9.17) is 21.1 Å². The number of nitrogens with one attached hydrogen (secondary N) is 1. The van der Waals surface area contributed by atoms with Crippen LogP contribution < -0.4 is 19.7 Å². The first-order valence-corrected chi connectivity index (χ1v) is 11.3. The van der Waals surface area contributed by atoms with Crippen LogP contribution in [0.3, 0.4) is 0 Å². The molecule has 1 amide bonds. The molecule has 3 aromatic rings. The van der Waals surface area contributed by atoms with Crippen molar-refractivity contribution in [2.24, 2.45) is 5.92 Å². The van der Waals surface area contributed by atoms with Crippen LogP contribution in [0.5, 0.6) is 11.5 Å². The van der Waals surface area contributed by atoms with Crippen LogP contribution in [0.1, 0.15) is 25.3 Å². The highest BCUT2D eigenvalue weighted by atomic mass is 35.5. The number of benzene rings is 2. The summed E-state index contributed by atoms with van der Waals surface area (Å²) in [6, 6.07) is 13.2. The monoisotopic (exact) mass is 464 g/mol. The normalized spacial score (nSPS) is 14.1. The van der Waals surface area contributed by atoms with Gasteiger partial charge in [0.2, 0.25) is 5.91 Å². The van der Waals surface area contributed by atoms with Crippen LogP contribution in [-0.2, 0) is 4.79 Å². The number of nitrogens with zero attached hydrogens (tertiary/aromatic N) is 3. The zero-order valence-electron chi connectivity index (χ0n) is 18.6. The Morgan fingerprint density at radius 1 is 1.27 bits per heavy atom. The van der Waals surface area contributed by atoms with Crippen molar-refractivity contribution in [3.05, 3.63) is 53.2 Å². The van der Waals surface area contributed by atoms with Crippen molar-refractivity contribution < 1.29 is 14.3 Å². The molecule has 0 saturated carbocycles. The topological polar surface area (TPSA) is 87.5 Å². The van der Waals surface area contributed by atoms with E-state index in [0.717, 1.165) is 22.3 Å². The van der Waals surface area contributed by atoms with Gasteiger partial charge in [0, 0.05) is 36.3 Å². The number of halogens is 1. The molecule has 2 aromatic carbocycles. The minimum Gasteiger partial charge on any atom is -0.495 e. The van der Waals surface area contributed by atoms with E-state index in [0.29, 0.717) is 54.6 Å². The highest BCUT2D eigenvalue weighted by Gasteiger charge is 2.27. The Hall–Kier alpha value is -3.50. The van der Waals surface area contributed by atoms with Gasteiger partial charge in [0.25, 0.3) is 0 Å². The number of piperidine rings is 1. The summed E-state index contributed by atoms with van der Waals surface area (Å²) in [5.41, 5.74) is 2.82. The van der Waals surface area contributed by atoms with E-state index in [1.807, 2.05) is 25.1 Å². The van der Waals surface area contributed by atoms with Gasteiger partial charge >= 0.3 is 0 Å². The average molecular weight is 465 g/mol. The molecule has 0 spiro atoms. The van der Waals surface area contributed by atoms with E-state index in [1.54, 1.807) is 31.5 Å². The fourth-order valence-corrected chi connectivity index (χ4v) is 4.45. The predicted molar refractivity (Wildman–Crippen MR) is 129 cm³/mol. The number of amides is 1. The molecule has 0 atom stereocenters. The molecule has 8 heteroatoms. The molecule has 2 heterocycles. The summed E-state index contributed by atoms with van der Waals surface area (Å²) in [5.74, 6) is 1.15. The van der Waals surface area contributed by atoms with E-state index in [9.17, 15) is 10.1 Å². The van der Waals surface area contributed by atoms with Crippen LogP contribution in [0.2, 0.25) is 5.02 Å². The molecule has 1 aliphatic rings. The number of nitriles is 1. The van der Waals surface area contributed by atoms with Crippen molar-refractivity contribution in [1.82, 2.24) is 4.98 Å². The van der Waals surface area contributed by atoms with Gasteiger partial charge in [0.1, 0.15) is 17.6 Å². The summed E-state index contributed by atoms with van der Waals surface area (Å²) in [5, 5.41) is 14.0. The molecule has 7 nitrogen and oxygen atoms in total. The van der Waals surface area contributed by atoms with Crippen molar-refractivity contribution in [2.45, 2.75) is 19.8 Å². The van der Waals surface area contributed by atoms with Crippen molar-refractivity contribution in [3.63, 3.8) is 0 Å². The van der Waals surface area contributed by atoms with E-state index in [-0.39, 0.29) is 11.8 Å². The molecule has 1 fully saturated rings. The fraction of sp³-hybridized carbons (Fsp3) is 0.320. The third-order valence-electron chi connectivity index (χ3n) is 5.84. The molecule has 0 aliphatic carbocycles. The van der Waals surface area contributed by atoms with Gasteiger partial charge in [0.15, 0.2) is 0 Å². The van der Waals surface area contributed by atoms with E-state index < -0.39 is 0 Å². The number of carbonyl (C=O) groups excluding carboxylic acids is 1. The zero-order valence-corrected chi connectivity index (χ0v) is 19.4. The molecular formula is C25H25ClN4O3. The van der Waals surface area contributed by atoms with Gasteiger partial charge in [-0.2, -0.15) is 5.26 Å². The lowest BCUT2D eigenvalue weighted by molar-refractivity contribution is -0.120. The van der Waals surface area contributed by atoms with Crippen molar-refractivity contribution in [3.8, 4) is 17.6 Å². The third kappa shape index (κ3) is 4.81. The standard InChI is InChI=1S/C25H25ClN4O3/c1-3-33-19-5-6-22-20(13-19)24(17(14-27)15-28-22)30-10-8-16(9-11-30)25(31)29-18-4-7-23(32-2)21(26)12-18/h4-7,12-13,15-16H,3,8-11H2,1-2H3,(H,29,31). The Balaban J connectivity index is 1.50. The van der Waals surface area contributed by atoms with Crippen molar-refractivity contribution in [1.29, 1.82) is 5.26 Å². The number of carbonyl (C=O) groups is 1. The highest BCUT2D eigenvalue weighted by molar-refractivity contribution is 6.32. The Kier molecular flexibility index (Phi) is 6.85. The summed E-state index contributed by atoms with van der Waals surface area (Å²) in [4.78, 5) is 19.4. The lowest BCUT2D eigenvalue weighted by Crippen LogP contribution is -2.38. The third-order valence-corrected chi connectivity index (χ3v) is 6.14. The van der Waals surface area contributed by atoms with Crippen LogP contribution >= 0.6 is 11.6 Å². The van der Waals surface area contributed by atoms with Crippen LogP contribution in [0, 0.1) is 17.2 Å². The minimum absolute atomic E-state index is 0.0328. The SMILES string of the molecule is CCOc1ccc2ncc(C#N)c(N3CCC(C(=O)Nc4ccc(OC)c(Cl)c4)CC3)c2c1. The molecule has 0 radical (unpaired) electrons. The second-order valence-electron chi connectivity index (χ2n) is 7.84. The molecule has 1 N–H and O–H groups in total. The largest absolute Gasteiger partial charge is 0.495 e. The summed E-state index contributed by atoms with van der Waals surface area (Å²) in [6.07, 6.45) is 2.97. The van der Waals surface area contributed by atoms with E-state index in [1.165, 1.54) is 0 Å². The summed E-state index contributed by atoms with van der Waals surface area (Å²) >= 11 is 6.17. The summed E-state index contributed by atoms with van der Waals surface area (Å²) in [6.45, 7) is 3.82. The smallest absolute Gasteiger partial charge is 0.227 e. The van der Waals surface area contributed by atoms with Crippen molar-refractivity contribution in [2.75, 3.05) is 37.0 Å². The molecule has 4 rings (SSSR count). The number of methoxy groups -OCH3 is 1. The number of aromatic nitrogens is 1. The van der Waals surface area contributed by atoms with Gasteiger partial charge in [-0.3, -0.25) is 9.78 Å². The lowest BCUT2D eigenvalue weighted by atomic mass is 9.94. The maximum Gasteiger partial charge on any atom is 0.227 e. The number of hydrogen-bond acceptors (Lipinski definition) is 6. The Morgan fingerprint density at radius 2 is 2.06 bits per heavy atom. The maximum atomic E-state index is 12.8. The molecule has 170 valence electrons. The molecule has 1 aliphatic heterocycles. The van der Waals surface area contributed by atoms with Gasteiger partial charge in [-0.05, 0) is 56.2 Å². The van der Waals surface area contributed by atoms with E-state index in [2.05, 4.69) is 21.3 Å². The predicted octanol–water partition coefficient (Wildman–Crippen LogP) is 5.02. The maximum absolute atomic E-state index is 12.8.